The molecule has 0 fully saturated rings. The second-order valence-corrected chi connectivity index (χ2v) is 8.76. The van der Waals surface area contributed by atoms with Gasteiger partial charge in [-0.05, 0) is 73.8 Å². The number of benzene rings is 3. The minimum Gasteiger partial charge on any atom is -0.506 e. The second kappa shape index (κ2) is 9.18. The quantitative estimate of drug-likeness (QED) is 0.220. The molecule has 0 aliphatic heterocycles. The number of aromatic nitrogens is 1. The summed E-state index contributed by atoms with van der Waals surface area (Å²) in [6.45, 7) is 0. The van der Waals surface area contributed by atoms with Crippen LogP contribution in [-0.4, -0.2) is 22.2 Å². The number of hydrogen-bond acceptors (Lipinski definition) is 4. The number of amides is 1. The lowest BCUT2D eigenvalue weighted by Crippen LogP contribution is -2.18. The largest absolute Gasteiger partial charge is 0.506 e. The lowest BCUT2D eigenvalue weighted by molar-refractivity contribution is 0.0956. The van der Waals surface area contributed by atoms with Crippen molar-refractivity contribution in [1.82, 2.24) is 10.4 Å². The van der Waals surface area contributed by atoms with Gasteiger partial charge in [-0.3, -0.25) is 4.79 Å². The second-order valence-electron chi connectivity index (χ2n) is 6.61. The van der Waals surface area contributed by atoms with Crippen molar-refractivity contribution in [1.29, 1.82) is 0 Å². The molecule has 8 heteroatoms. The van der Waals surface area contributed by atoms with Crippen molar-refractivity contribution in [3.63, 3.8) is 0 Å². The number of hydrogen-bond donors (Lipinski definition) is 2. The topological polar surface area (TPSA) is 74.6 Å². The number of phenolic OH excluding ortho intramolecular Hbond substituents is 1. The van der Waals surface area contributed by atoms with Gasteiger partial charge in [-0.15, -0.1) is 0 Å². The SMILES string of the molecule is O=C(N/N=C/c1cc(Br)c(O)c(Br)c1)c1cc(-c2ccc(Cl)cc2)nc2ccccc12. The van der Waals surface area contributed by atoms with E-state index in [2.05, 4.69) is 47.4 Å². The van der Waals surface area contributed by atoms with E-state index in [0.29, 0.717) is 36.3 Å². The molecular weight excluding hydrogens is 546 g/mol. The van der Waals surface area contributed by atoms with Gasteiger partial charge in [0, 0.05) is 16.0 Å². The maximum Gasteiger partial charge on any atom is 0.272 e. The smallest absolute Gasteiger partial charge is 0.272 e. The number of aromatic hydroxyl groups is 1. The Bertz CT molecular complexity index is 1300. The minimum absolute atomic E-state index is 0.0965. The van der Waals surface area contributed by atoms with Gasteiger partial charge in [0.25, 0.3) is 5.91 Å². The van der Waals surface area contributed by atoms with E-state index in [1.54, 1.807) is 30.3 Å². The first-order valence-electron chi connectivity index (χ1n) is 9.09. The van der Waals surface area contributed by atoms with Crippen LogP contribution in [0.3, 0.4) is 0 Å². The number of fused-ring (bicyclic) bond motifs is 1. The number of rotatable bonds is 4. The molecule has 0 unspecified atom stereocenters. The van der Waals surface area contributed by atoms with E-state index < -0.39 is 0 Å². The normalized spacial score (nSPS) is 11.2. The van der Waals surface area contributed by atoms with Crippen LogP contribution in [0.2, 0.25) is 5.02 Å². The molecule has 4 aromatic rings. The number of halogens is 3. The summed E-state index contributed by atoms with van der Waals surface area (Å²) in [5.74, 6) is -0.263. The van der Waals surface area contributed by atoms with Crippen LogP contribution in [0.25, 0.3) is 22.2 Å². The number of nitrogens with zero attached hydrogens (tertiary/aromatic N) is 2. The molecule has 2 N–H and O–H groups in total. The van der Waals surface area contributed by atoms with Gasteiger partial charge in [0.1, 0.15) is 5.75 Å². The molecule has 0 saturated heterocycles. The molecule has 0 bridgehead atoms. The Kier molecular flexibility index (Phi) is 6.36. The van der Waals surface area contributed by atoms with E-state index >= 15 is 0 Å². The van der Waals surface area contributed by atoms with Gasteiger partial charge in [0.2, 0.25) is 0 Å². The van der Waals surface area contributed by atoms with Crippen molar-refractivity contribution >= 4 is 66.5 Å². The summed E-state index contributed by atoms with van der Waals surface area (Å²) in [7, 11) is 0. The van der Waals surface area contributed by atoms with Crippen LogP contribution in [0, 0.1) is 0 Å². The summed E-state index contributed by atoms with van der Waals surface area (Å²) in [6, 6.07) is 19.9. The summed E-state index contributed by atoms with van der Waals surface area (Å²) in [5, 5.41) is 15.2. The standard InChI is InChI=1S/C23H14Br2ClN3O2/c24-18-9-13(10-19(25)22(18)30)12-27-29-23(31)17-11-21(14-5-7-15(26)8-6-14)28-20-4-2-1-3-16(17)20/h1-12,30H,(H,29,31)/b27-12+. The molecule has 1 amide bonds. The van der Waals surface area contributed by atoms with Crippen LogP contribution in [0.1, 0.15) is 15.9 Å². The first-order valence-corrected chi connectivity index (χ1v) is 11.1. The average molecular weight is 560 g/mol. The summed E-state index contributed by atoms with van der Waals surface area (Å²) < 4.78 is 1.03. The number of carbonyl (C=O) groups is 1. The highest BCUT2D eigenvalue weighted by Crippen LogP contribution is 2.32. The summed E-state index contributed by atoms with van der Waals surface area (Å²) >= 11 is 12.5. The van der Waals surface area contributed by atoms with Crippen molar-refractivity contribution < 1.29 is 9.90 Å². The van der Waals surface area contributed by atoms with E-state index in [-0.39, 0.29) is 11.7 Å². The van der Waals surface area contributed by atoms with E-state index in [1.807, 2.05) is 36.4 Å². The molecule has 31 heavy (non-hydrogen) atoms. The monoisotopic (exact) mass is 557 g/mol. The van der Waals surface area contributed by atoms with Gasteiger partial charge >= 0.3 is 0 Å². The fourth-order valence-corrected chi connectivity index (χ4v) is 4.36. The van der Waals surface area contributed by atoms with Gasteiger partial charge in [-0.1, -0.05) is 41.9 Å². The predicted octanol–water partition coefficient (Wildman–Crippen LogP) is 6.55. The van der Waals surface area contributed by atoms with Crippen molar-refractivity contribution in [3.8, 4) is 17.0 Å². The van der Waals surface area contributed by atoms with Gasteiger partial charge < -0.3 is 5.11 Å². The van der Waals surface area contributed by atoms with Crippen LogP contribution in [0.4, 0.5) is 0 Å². The molecule has 0 atom stereocenters. The van der Waals surface area contributed by atoms with E-state index in [0.717, 1.165) is 10.9 Å². The zero-order valence-corrected chi connectivity index (χ0v) is 19.7. The molecule has 0 radical (unpaired) electrons. The first kappa shape index (κ1) is 21.5. The highest BCUT2D eigenvalue weighted by atomic mass is 79.9. The predicted molar refractivity (Wildman–Crippen MR) is 131 cm³/mol. The van der Waals surface area contributed by atoms with Gasteiger partial charge in [0.15, 0.2) is 0 Å². The Morgan fingerprint density at radius 1 is 1.03 bits per heavy atom. The Balaban J connectivity index is 1.66. The van der Waals surface area contributed by atoms with Gasteiger partial charge in [0.05, 0.1) is 31.9 Å². The van der Waals surface area contributed by atoms with E-state index in [4.69, 9.17) is 11.6 Å². The van der Waals surface area contributed by atoms with E-state index in [1.165, 1.54) is 6.21 Å². The number of carbonyl (C=O) groups excluding carboxylic acids is 1. The van der Waals surface area contributed by atoms with Crippen LogP contribution in [0.15, 0.2) is 80.8 Å². The summed E-state index contributed by atoms with van der Waals surface area (Å²) in [4.78, 5) is 17.6. The maximum atomic E-state index is 12.9. The molecule has 154 valence electrons. The Hall–Kier alpha value is -2.74. The molecule has 1 heterocycles. The van der Waals surface area contributed by atoms with Gasteiger partial charge in [-0.2, -0.15) is 5.10 Å². The number of para-hydroxylation sites is 1. The number of pyridine rings is 1. The fourth-order valence-electron chi connectivity index (χ4n) is 3.02. The lowest BCUT2D eigenvalue weighted by Gasteiger charge is -2.09. The van der Waals surface area contributed by atoms with Crippen molar-refractivity contribution in [3.05, 3.63) is 91.8 Å². The van der Waals surface area contributed by atoms with Crippen LogP contribution < -0.4 is 5.43 Å². The highest BCUT2D eigenvalue weighted by Gasteiger charge is 2.14. The van der Waals surface area contributed by atoms with E-state index in [9.17, 15) is 9.90 Å². The minimum atomic E-state index is -0.359. The molecule has 5 nitrogen and oxygen atoms in total. The maximum absolute atomic E-state index is 12.9. The number of phenols is 1. The molecule has 0 saturated carbocycles. The summed E-state index contributed by atoms with van der Waals surface area (Å²) in [6.07, 6.45) is 1.50. The summed E-state index contributed by atoms with van der Waals surface area (Å²) in [5.41, 5.74) is 5.94. The molecule has 0 spiro atoms. The molecular formula is C23H14Br2ClN3O2. The van der Waals surface area contributed by atoms with Crippen molar-refractivity contribution in [2.45, 2.75) is 0 Å². The third-order valence-corrected chi connectivity index (χ3v) is 5.98. The highest BCUT2D eigenvalue weighted by molar-refractivity contribution is 9.11. The third-order valence-electron chi connectivity index (χ3n) is 4.52. The zero-order chi connectivity index (χ0) is 22.0. The van der Waals surface area contributed by atoms with Gasteiger partial charge in [-0.25, -0.2) is 10.4 Å². The third kappa shape index (κ3) is 4.79. The Morgan fingerprint density at radius 2 is 1.71 bits per heavy atom. The lowest BCUT2D eigenvalue weighted by atomic mass is 10.0. The van der Waals surface area contributed by atoms with Crippen LogP contribution in [0.5, 0.6) is 5.75 Å². The number of nitrogens with one attached hydrogen (secondary N) is 1. The number of hydrazone groups is 1. The average Bonchev–Trinajstić information content (AvgIpc) is 2.77. The van der Waals surface area contributed by atoms with Crippen LogP contribution >= 0.6 is 43.5 Å². The molecule has 3 aromatic carbocycles. The first-order chi connectivity index (χ1) is 14.9. The molecule has 1 aromatic heterocycles. The fraction of sp³-hybridized carbons (Fsp3) is 0. The zero-order valence-electron chi connectivity index (χ0n) is 15.8. The molecule has 0 aliphatic rings. The molecule has 0 aliphatic carbocycles. The Morgan fingerprint density at radius 3 is 2.42 bits per heavy atom. The molecule has 4 rings (SSSR count). The van der Waals surface area contributed by atoms with Crippen molar-refractivity contribution in [2.24, 2.45) is 5.10 Å². The van der Waals surface area contributed by atoms with Crippen molar-refractivity contribution in [2.75, 3.05) is 0 Å². The van der Waals surface area contributed by atoms with Crippen LogP contribution in [-0.2, 0) is 0 Å². The Labute approximate surface area is 200 Å².